The Morgan fingerprint density at radius 2 is 2.42 bits per heavy atom. The Morgan fingerprint density at radius 1 is 1.63 bits per heavy atom. The topological polar surface area (TPSA) is 62.4 Å². The van der Waals surface area contributed by atoms with E-state index < -0.39 is 0 Å². The highest BCUT2D eigenvalue weighted by Gasteiger charge is 2.20. The van der Waals surface area contributed by atoms with Gasteiger partial charge in [-0.3, -0.25) is 9.59 Å². The SMILES string of the molecule is CC1COCCN(C(=O)Cc2cc[nH]c(=O)c2Br)C1. The lowest BCUT2D eigenvalue weighted by Gasteiger charge is -2.22. The van der Waals surface area contributed by atoms with E-state index in [1.54, 1.807) is 12.3 Å². The van der Waals surface area contributed by atoms with Gasteiger partial charge in [-0.2, -0.15) is 0 Å². The third-order valence-electron chi connectivity index (χ3n) is 3.11. The van der Waals surface area contributed by atoms with Gasteiger partial charge >= 0.3 is 0 Å². The Bertz CT molecular complexity index is 515. The molecule has 1 atom stereocenters. The number of carbonyl (C=O) groups is 1. The van der Waals surface area contributed by atoms with Crippen molar-refractivity contribution in [2.24, 2.45) is 5.92 Å². The van der Waals surface area contributed by atoms with E-state index >= 15 is 0 Å². The molecule has 2 heterocycles. The summed E-state index contributed by atoms with van der Waals surface area (Å²) < 4.78 is 5.85. The number of nitrogens with one attached hydrogen (secondary N) is 1. The average Bonchev–Trinajstić information content (AvgIpc) is 2.60. The van der Waals surface area contributed by atoms with Crippen LogP contribution in [0.1, 0.15) is 12.5 Å². The van der Waals surface area contributed by atoms with Crippen LogP contribution in [0.25, 0.3) is 0 Å². The highest BCUT2D eigenvalue weighted by Crippen LogP contribution is 2.14. The minimum absolute atomic E-state index is 0.0312. The third kappa shape index (κ3) is 3.67. The number of halogens is 1. The van der Waals surface area contributed by atoms with Gasteiger partial charge < -0.3 is 14.6 Å². The van der Waals surface area contributed by atoms with Gasteiger partial charge in [0.1, 0.15) is 0 Å². The summed E-state index contributed by atoms with van der Waals surface area (Å²) in [5.74, 6) is 0.373. The number of H-pyrrole nitrogens is 1. The summed E-state index contributed by atoms with van der Waals surface area (Å²) in [6.07, 6.45) is 1.79. The van der Waals surface area contributed by atoms with Gasteiger partial charge in [-0.05, 0) is 33.5 Å². The summed E-state index contributed by atoms with van der Waals surface area (Å²) in [6, 6.07) is 1.75. The van der Waals surface area contributed by atoms with Gasteiger partial charge in [-0.1, -0.05) is 6.92 Å². The highest BCUT2D eigenvalue weighted by molar-refractivity contribution is 9.10. The van der Waals surface area contributed by atoms with Crippen LogP contribution in [-0.4, -0.2) is 42.1 Å². The second kappa shape index (κ2) is 6.34. The molecule has 1 aromatic rings. The molecule has 0 bridgehead atoms. The minimum atomic E-state index is -0.210. The van der Waals surface area contributed by atoms with Gasteiger partial charge in [0, 0.05) is 19.3 Å². The van der Waals surface area contributed by atoms with Gasteiger partial charge in [0.15, 0.2) is 0 Å². The third-order valence-corrected chi connectivity index (χ3v) is 3.98. The lowest BCUT2D eigenvalue weighted by atomic mass is 10.1. The highest BCUT2D eigenvalue weighted by atomic mass is 79.9. The molecule has 1 amide bonds. The number of ether oxygens (including phenoxy) is 1. The Labute approximate surface area is 120 Å². The Balaban J connectivity index is 2.07. The van der Waals surface area contributed by atoms with Crippen LogP contribution in [0.3, 0.4) is 0 Å². The summed E-state index contributed by atoms with van der Waals surface area (Å²) in [6.45, 7) is 4.66. The van der Waals surface area contributed by atoms with Crippen molar-refractivity contribution in [3.05, 3.63) is 32.7 Å². The van der Waals surface area contributed by atoms with Gasteiger partial charge in [-0.15, -0.1) is 0 Å². The number of carbonyl (C=O) groups excluding carboxylic acids is 1. The van der Waals surface area contributed by atoms with Crippen molar-refractivity contribution in [1.82, 2.24) is 9.88 Å². The molecule has 5 nitrogen and oxygen atoms in total. The van der Waals surface area contributed by atoms with E-state index in [9.17, 15) is 9.59 Å². The van der Waals surface area contributed by atoms with E-state index in [-0.39, 0.29) is 17.9 Å². The maximum absolute atomic E-state index is 12.3. The maximum Gasteiger partial charge on any atom is 0.262 e. The van der Waals surface area contributed by atoms with E-state index in [1.165, 1.54) is 0 Å². The summed E-state index contributed by atoms with van der Waals surface area (Å²) in [7, 11) is 0. The smallest absolute Gasteiger partial charge is 0.262 e. The Morgan fingerprint density at radius 3 is 3.21 bits per heavy atom. The molecule has 1 aromatic heterocycles. The van der Waals surface area contributed by atoms with Crippen molar-refractivity contribution in [2.45, 2.75) is 13.3 Å². The summed E-state index contributed by atoms with van der Waals surface area (Å²) in [4.78, 5) is 28.1. The maximum atomic E-state index is 12.3. The molecule has 1 N–H and O–H groups in total. The molecule has 104 valence electrons. The molecule has 2 rings (SSSR count). The molecule has 0 radical (unpaired) electrons. The van der Waals surface area contributed by atoms with Crippen LogP contribution in [0.5, 0.6) is 0 Å². The number of hydrogen-bond acceptors (Lipinski definition) is 3. The zero-order chi connectivity index (χ0) is 13.8. The van der Waals surface area contributed by atoms with E-state index in [0.717, 1.165) is 0 Å². The van der Waals surface area contributed by atoms with Crippen LogP contribution in [0.4, 0.5) is 0 Å². The number of aromatic nitrogens is 1. The van der Waals surface area contributed by atoms with Gasteiger partial charge in [0.25, 0.3) is 5.56 Å². The van der Waals surface area contributed by atoms with Gasteiger partial charge in [0.05, 0.1) is 24.1 Å². The lowest BCUT2D eigenvalue weighted by Crippen LogP contribution is -2.36. The van der Waals surface area contributed by atoms with Crippen molar-refractivity contribution >= 4 is 21.8 Å². The van der Waals surface area contributed by atoms with Crippen LogP contribution in [0.15, 0.2) is 21.5 Å². The summed E-state index contributed by atoms with van der Waals surface area (Å²) >= 11 is 3.22. The number of amides is 1. The number of nitrogens with zero attached hydrogens (tertiary/aromatic N) is 1. The molecular formula is C13H17BrN2O3. The first kappa shape index (κ1) is 14.3. The van der Waals surface area contributed by atoms with Crippen LogP contribution in [0.2, 0.25) is 0 Å². The van der Waals surface area contributed by atoms with E-state index in [2.05, 4.69) is 27.8 Å². The average molecular weight is 329 g/mol. The Kier molecular flexibility index (Phi) is 4.76. The molecule has 0 saturated carbocycles. The zero-order valence-corrected chi connectivity index (χ0v) is 12.4. The normalized spacial score (nSPS) is 20.1. The summed E-state index contributed by atoms with van der Waals surface area (Å²) in [5.41, 5.74) is 0.504. The fourth-order valence-electron chi connectivity index (χ4n) is 2.12. The van der Waals surface area contributed by atoms with Crippen LogP contribution in [0, 0.1) is 5.92 Å². The van der Waals surface area contributed by atoms with Crippen molar-refractivity contribution in [2.75, 3.05) is 26.3 Å². The molecule has 1 fully saturated rings. The molecule has 1 aliphatic rings. The van der Waals surface area contributed by atoms with Gasteiger partial charge in [-0.25, -0.2) is 0 Å². The number of rotatable bonds is 2. The monoisotopic (exact) mass is 328 g/mol. The number of pyridine rings is 1. The predicted octanol–water partition coefficient (Wildman–Crippen LogP) is 1.17. The van der Waals surface area contributed by atoms with Gasteiger partial charge in [0.2, 0.25) is 5.91 Å². The first-order chi connectivity index (χ1) is 9.08. The fraction of sp³-hybridized carbons (Fsp3) is 0.538. The molecule has 1 aliphatic heterocycles. The second-order valence-corrected chi connectivity index (χ2v) is 5.64. The zero-order valence-electron chi connectivity index (χ0n) is 10.8. The quantitative estimate of drug-likeness (QED) is 0.886. The largest absolute Gasteiger partial charge is 0.379 e. The standard InChI is InChI=1S/C13H17BrN2O3/c1-9-7-16(4-5-19-8-9)11(17)6-10-2-3-15-13(18)12(10)14/h2-3,9H,4-8H2,1H3,(H,15,18). The minimum Gasteiger partial charge on any atom is -0.379 e. The van der Waals surface area contributed by atoms with Crippen molar-refractivity contribution in [1.29, 1.82) is 0 Å². The summed E-state index contributed by atoms with van der Waals surface area (Å²) in [5, 5.41) is 0. The van der Waals surface area contributed by atoms with Crippen molar-refractivity contribution in [3.63, 3.8) is 0 Å². The van der Waals surface area contributed by atoms with Crippen LogP contribution < -0.4 is 5.56 Å². The molecule has 0 spiro atoms. The van der Waals surface area contributed by atoms with E-state index in [1.807, 2.05) is 4.90 Å². The Hall–Kier alpha value is -1.14. The van der Waals surface area contributed by atoms with Crippen LogP contribution >= 0.6 is 15.9 Å². The number of aromatic amines is 1. The molecule has 1 unspecified atom stereocenters. The number of hydrogen-bond donors (Lipinski definition) is 1. The fourth-order valence-corrected chi connectivity index (χ4v) is 2.50. The molecule has 0 aromatic carbocycles. The van der Waals surface area contributed by atoms with E-state index in [4.69, 9.17) is 4.74 Å². The van der Waals surface area contributed by atoms with Crippen molar-refractivity contribution in [3.8, 4) is 0 Å². The van der Waals surface area contributed by atoms with Crippen molar-refractivity contribution < 1.29 is 9.53 Å². The second-order valence-electron chi connectivity index (χ2n) is 4.84. The molecule has 1 saturated heterocycles. The first-order valence-electron chi connectivity index (χ1n) is 6.29. The first-order valence-corrected chi connectivity index (χ1v) is 7.09. The molecule has 6 heteroatoms. The molecule has 19 heavy (non-hydrogen) atoms. The van der Waals surface area contributed by atoms with E-state index in [0.29, 0.717) is 42.3 Å². The van der Waals surface area contributed by atoms with Crippen LogP contribution in [-0.2, 0) is 16.0 Å². The lowest BCUT2D eigenvalue weighted by molar-refractivity contribution is -0.130. The predicted molar refractivity (Wildman–Crippen MR) is 75.0 cm³/mol. The molecule has 0 aliphatic carbocycles. The molecular weight excluding hydrogens is 312 g/mol.